The summed E-state index contributed by atoms with van der Waals surface area (Å²) in [7, 11) is 2.97. The lowest BCUT2D eigenvalue weighted by atomic mass is 9.89. The molecule has 0 bridgehead atoms. The number of benzene rings is 2. The van der Waals surface area contributed by atoms with Gasteiger partial charge >= 0.3 is 11.9 Å². The highest BCUT2D eigenvalue weighted by Crippen LogP contribution is 2.39. The van der Waals surface area contributed by atoms with E-state index in [2.05, 4.69) is 10.6 Å². The van der Waals surface area contributed by atoms with Gasteiger partial charge in [-0.3, -0.25) is 14.4 Å². The molecule has 1 fully saturated rings. The number of rotatable bonds is 9. The zero-order valence-corrected chi connectivity index (χ0v) is 30.9. The van der Waals surface area contributed by atoms with Crippen LogP contribution in [0, 0.1) is 17.3 Å². The second-order valence-electron chi connectivity index (χ2n) is 13.9. The van der Waals surface area contributed by atoms with Gasteiger partial charge in [0, 0.05) is 32.4 Å². The molecule has 278 valence electrons. The Morgan fingerprint density at radius 2 is 1.71 bits per heavy atom. The van der Waals surface area contributed by atoms with E-state index in [0.717, 1.165) is 5.56 Å². The minimum Gasteiger partial charge on any atom is -0.495 e. The minimum atomic E-state index is -1.24. The van der Waals surface area contributed by atoms with Crippen LogP contribution in [0.15, 0.2) is 60.7 Å². The summed E-state index contributed by atoms with van der Waals surface area (Å²) in [5.74, 6) is -2.52. The maximum atomic E-state index is 13.8. The number of esters is 2. The number of hydrogen-bond donors (Lipinski definition) is 2. The molecular weight excluding hydrogens is 680 g/mol. The lowest BCUT2D eigenvalue weighted by Crippen LogP contribution is -2.51. The predicted octanol–water partition coefficient (Wildman–Crippen LogP) is 5.07. The van der Waals surface area contributed by atoms with E-state index in [1.807, 2.05) is 51.1 Å². The summed E-state index contributed by atoms with van der Waals surface area (Å²) in [4.78, 5) is 54.2. The van der Waals surface area contributed by atoms with Crippen molar-refractivity contribution in [3.8, 4) is 5.75 Å². The Bertz CT molecular complexity index is 1550. The van der Waals surface area contributed by atoms with Crippen molar-refractivity contribution < 1.29 is 47.6 Å². The number of ether oxygens (including phenoxy) is 6. The molecule has 2 aromatic carbocycles. The molecule has 2 aliphatic rings. The van der Waals surface area contributed by atoms with Gasteiger partial charge in [0.05, 0.1) is 23.7 Å². The molecule has 2 heterocycles. The van der Waals surface area contributed by atoms with E-state index >= 15 is 0 Å². The Morgan fingerprint density at radius 3 is 2.35 bits per heavy atom. The molecule has 0 spiro atoms. The molecule has 0 saturated carbocycles. The fraction of sp³-hybridized carbons (Fsp3) is 0.526. The quantitative estimate of drug-likeness (QED) is 0.336. The van der Waals surface area contributed by atoms with Crippen LogP contribution >= 0.6 is 11.6 Å². The van der Waals surface area contributed by atoms with Crippen LogP contribution in [0.1, 0.15) is 64.7 Å². The molecule has 0 aliphatic carbocycles. The van der Waals surface area contributed by atoms with E-state index in [1.165, 1.54) is 20.3 Å². The van der Waals surface area contributed by atoms with Gasteiger partial charge in [-0.15, -0.1) is 0 Å². The third kappa shape index (κ3) is 10.8. The van der Waals surface area contributed by atoms with E-state index in [0.29, 0.717) is 16.3 Å². The van der Waals surface area contributed by atoms with Crippen molar-refractivity contribution in [1.82, 2.24) is 10.6 Å². The van der Waals surface area contributed by atoms with Crippen molar-refractivity contribution in [2.45, 2.75) is 90.8 Å². The minimum absolute atomic E-state index is 0.0214. The third-order valence-electron chi connectivity index (χ3n) is 8.90. The van der Waals surface area contributed by atoms with Crippen molar-refractivity contribution in [2.75, 3.05) is 20.8 Å². The lowest BCUT2D eigenvalue weighted by molar-refractivity contribution is -0.233. The van der Waals surface area contributed by atoms with Gasteiger partial charge in [-0.25, -0.2) is 4.79 Å². The molecule has 13 heteroatoms. The van der Waals surface area contributed by atoms with Crippen LogP contribution < -0.4 is 15.4 Å². The van der Waals surface area contributed by atoms with E-state index < -0.39 is 72.0 Å². The fourth-order valence-electron chi connectivity index (χ4n) is 5.88. The SMILES string of the molecule is COc1ccc(C[C@H]2NC(=O)/C=C/C[C@@H]([C@H](C)[C@H]3OC(OC)O[C@@H]3c3ccccc3)OC(=O)[C@H](CC(C)C)OC(=O)C(C)(C)CNC2=O)cc1Cl. The lowest BCUT2D eigenvalue weighted by Gasteiger charge is -2.32. The van der Waals surface area contributed by atoms with Gasteiger partial charge in [-0.1, -0.05) is 74.8 Å². The highest BCUT2D eigenvalue weighted by atomic mass is 35.5. The number of halogens is 1. The van der Waals surface area contributed by atoms with Crippen LogP contribution in [0.3, 0.4) is 0 Å². The highest BCUT2D eigenvalue weighted by Gasteiger charge is 2.45. The third-order valence-corrected chi connectivity index (χ3v) is 9.19. The summed E-state index contributed by atoms with van der Waals surface area (Å²) in [6, 6.07) is 13.6. The zero-order chi connectivity index (χ0) is 37.3. The Balaban J connectivity index is 1.67. The van der Waals surface area contributed by atoms with E-state index in [-0.39, 0.29) is 31.7 Å². The van der Waals surface area contributed by atoms with Crippen molar-refractivity contribution in [3.05, 3.63) is 76.8 Å². The first-order valence-electron chi connectivity index (χ1n) is 17.1. The molecule has 1 unspecified atom stereocenters. The maximum absolute atomic E-state index is 13.8. The Morgan fingerprint density at radius 1 is 0.980 bits per heavy atom. The molecule has 0 aromatic heterocycles. The largest absolute Gasteiger partial charge is 0.495 e. The van der Waals surface area contributed by atoms with Crippen LogP contribution in [0.4, 0.5) is 0 Å². The molecule has 2 amide bonds. The summed E-state index contributed by atoms with van der Waals surface area (Å²) in [5.41, 5.74) is 0.288. The van der Waals surface area contributed by atoms with Crippen LogP contribution in [-0.4, -0.2) is 75.3 Å². The van der Waals surface area contributed by atoms with Crippen molar-refractivity contribution in [2.24, 2.45) is 17.3 Å². The second-order valence-corrected chi connectivity index (χ2v) is 14.3. The van der Waals surface area contributed by atoms with Gasteiger partial charge in [0.1, 0.15) is 24.0 Å². The van der Waals surface area contributed by atoms with Crippen LogP contribution in [-0.2, 0) is 49.3 Å². The molecule has 1 saturated heterocycles. The van der Waals surface area contributed by atoms with Crippen LogP contribution in [0.2, 0.25) is 5.02 Å². The smallest absolute Gasteiger partial charge is 0.347 e. The molecule has 2 aliphatic heterocycles. The zero-order valence-electron chi connectivity index (χ0n) is 30.2. The first-order chi connectivity index (χ1) is 24.2. The van der Waals surface area contributed by atoms with Crippen LogP contribution in [0.5, 0.6) is 5.75 Å². The maximum Gasteiger partial charge on any atom is 0.347 e. The average Bonchev–Trinajstić information content (AvgIpc) is 3.54. The topological polar surface area (TPSA) is 148 Å². The Hall–Kier alpha value is -3.97. The first-order valence-corrected chi connectivity index (χ1v) is 17.5. The number of nitrogens with one attached hydrogen (secondary N) is 2. The van der Waals surface area contributed by atoms with Crippen molar-refractivity contribution in [3.63, 3.8) is 0 Å². The fourth-order valence-corrected chi connectivity index (χ4v) is 6.16. The summed E-state index contributed by atoms with van der Waals surface area (Å²) in [6.45, 7) is 7.80. The Kier molecular flexibility index (Phi) is 14.0. The van der Waals surface area contributed by atoms with Crippen LogP contribution in [0.25, 0.3) is 0 Å². The molecule has 7 atom stereocenters. The highest BCUT2D eigenvalue weighted by molar-refractivity contribution is 6.32. The average molecular weight is 729 g/mol. The predicted molar refractivity (Wildman–Crippen MR) is 189 cm³/mol. The standard InChI is InChI=1S/C38H49ClN2O10/c1-22(2)18-30-35(44)48-28(23(3)32-33(51-37(47-7)50-32)25-12-9-8-10-13-25)14-11-15-31(42)41-27(20-24-16-17-29(46-6)26(39)19-24)34(43)40-21-38(4,5)36(45)49-30/h8-13,15-17,19,22-23,27-28,30,32-33,37H,14,18,20-21H2,1-7H3,(H,40,43)(H,41,42)/b15-11+/t23-,27+,28-,30-,32+,33+,37?/m0/s1. The van der Waals surface area contributed by atoms with Gasteiger partial charge in [-0.05, 0) is 55.5 Å². The summed E-state index contributed by atoms with van der Waals surface area (Å²) in [6.07, 6.45) is 0.0642. The molecule has 4 rings (SSSR count). The molecule has 2 aromatic rings. The number of methoxy groups -OCH3 is 2. The second kappa shape index (κ2) is 18.0. The molecule has 51 heavy (non-hydrogen) atoms. The molecule has 0 radical (unpaired) electrons. The van der Waals surface area contributed by atoms with Crippen molar-refractivity contribution >= 4 is 35.4 Å². The van der Waals surface area contributed by atoms with Gasteiger partial charge in [-0.2, -0.15) is 0 Å². The number of amides is 2. The number of carbonyl (C=O) groups is 4. The molecule has 12 nitrogen and oxygen atoms in total. The monoisotopic (exact) mass is 728 g/mol. The van der Waals surface area contributed by atoms with E-state index in [4.69, 9.17) is 40.0 Å². The number of hydrogen-bond acceptors (Lipinski definition) is 10. The van der Waals surface area contributed by atoms with Gasteiger partial charge in [0.25, 0.3) is 6.48 Å². The number of carbonyl (C=O) groups excluding carboxylic acids is 4. The van der Waals surface area contributed by atoms with Crippen molar-refractivity contribution in [1.29, 1.82) is 0 Å². The molecular formula is C38H49ClN2O10. The summed E-state index contributed by atoms with van der Waals surface area (Å²) in [5, 5.41) is 5.89. The van der Waals surface area contributed by atoms with E-state index in [1.54, 1.807) is 38.1 Å². The summed E-state index contributed by atoms with van der Waals surface area (Å²) >= 11 is 6.34. The van der Waals surface area contributed by atoms with Gasteiger partial charge in [0.2, 0.25) is 11.8 Å². The summed E-state index contributed by atoms with van der Waals surface area (Å²) < 4.78 is 34.8. The van der Waals surface area contributed by atoms with Gasteiger partial charge in [0.15, 0.2) is 6.10 Å². The Labute approximate surface area is 304 Å². The normalized spacial score (nSPS) is 27.5. The number of cyclic esters (lactones) is 2. The molecule has 2 N–H and O–H groups in total. The van der Waals surface area contributed by atoms with E-state index in [9.17, 15) is 19.2 Å². The first kappa shape index (κ1) is 39.8. The van der Waals surface area contributed by atoms with Gasteiger partial charge < -0.3 is 39.1 Å².